The molecule has 8 aromatic rings. The van der Waals surface area contributed by atoms with Crippen LogP contribution in [-0.4, -0.2) is 16.4 Å². The van der Waals surface area contributed by atoms with Crippen LogP contribution in [0.5, 0.6) is 0 Å². The van der Waals surface area contributed by atoms with Crippen LogP contribution in [0.25, 0.3) is 43.7 Å². The number of nitrogens with one attached hydrogen (secondary N) is 1. The minimum atomic E-state index is -0.0540. The molecule has 0 spiro atoms. The summed E-state index contributed by atoms with van der Waals surface area (Å²) in [4.78, 5) is 7.89. The predicted octanol–water partition coefficient (Wildman–Crippen LogP) is 14.2. The van der Waals surface area contributed by atoms with Crippen molar-refractivity contribution >= 4 is 55.5 Å². The van der Waals surface area contributed by atoms with E-state index in [4.69, 9.17) is 4.99 Å². The molecule has 294 valence electrons. The van der Waals surface area contributed by atoms with Crippen molar-refractivity contribution in [2.24, 2.45) is 10.9 Å². The molecule has 4 nitrogen and oxygen atoms in total. The zero-order chi connectivity index (χ0) is 40.7. The van der Waals surface area contributed by atoms with Gasteiger partial charge in [-0.1, -0.05) is 172 Å². The van der Waals surface area contributed by atoms with E-state index in [0.717, 1.165) is 23.5 Å². The van der Waals surface area contributed by atoms with Gasteiger partial charge in [0, 0.05) is 55.8 Å². The van der Waals surface area contributed by atoms with Gasteiger partial charge in [0.15, 0.2) is 0 Å². The van der Waals surface area contributed by atoms with Gasteiger partial charge in [0.1, 0.15) is 11.9 Å². The third kappa shape index (κ3) is 5.69. The highest BCUT2D eigenvalue weighted by Gasteiger charge is 2.45. The van der Waals surface area contributed by atoms with Crippen LogP contribution in [0.4, 0.5) is 17.1 Å². The monoisotopic (exact) mass is 786 g/mol. The minimum absolute atomic E-state index is 0.0308. The fourth-order valence-electron chi connectivity index (χ4n) is 10.8. The van der Waals surface area contributed by atoms with Crippen molar-refractivity contribution < 1.29 is 0 Å². The number of hydrogen-bond donors (Lipinski definition) is 1. The fourth-order valence-corrected chi connectivity index (χ4v) is 10.8. The fraction of sp³-hybridized carbons (Fsp3) is 0.140. The largest absolute Gasteiger partial charge is 0.340 e. The number of hydrogen-bond acceptors (Lipinski definition) is 3. The molecule has 2 aliphatic heterocycles. The molecule has 0 saturated carbocycles. The van der Waals surface area contributed by atoms with Gasteiger partial charge >= 0.3 is 0 Å². The van der Waals surface area contributed by atoms with Crippen LogP contribution in [0.15, 0.2) is 211 Å². The molecule has 0 bridgehead atoms. The number of para-hydroxylation sites is 2. The second-order valence-electron chi connectivity index (χ2n) is 17.6. The molecule has 4 unspecified atom stereocenters. The summed E-state index contributed by atoms with van der Waals surface area (Å²) in [6, 6.07) is 58.3. The lowest BCUT2D eigenvalue weighted by Gasteiger charge is -2.51. The average molecular weight is 787 g/mol. The van der Waals surface area contributed by atoms with Crippen LogP contribution in [0.1, 0.15) is 49.0 Å². The summed E-state index contributed by atoms with van der Waals surface area (Å²) < 4.78 is 2.57. The molecule has 61 heavy (non-hydrogen) atoms. The third-order valence-corrected chi connectivity index (χ3v) is 13.8. The first-order valence-corrected chi connectivity index (χ1v) is 21.7. The first-order chi connectivity index (χ1) is 30.0. The van der Waals surface area contributed by atoms with Gasteiger partial charge in [-0.3, -0.25) is 4.99 Å². The Labute approximate surface area is 357 Å². The maximum absolute atomic E-state index is 5.32. The summed E-state index contributed by atoms with van der Waals surface area (Å²) in [6.07, 6.45) is 17.1. The Balaban J connectivity index is 0.959. The molecule has 0 saturated heterocycles. The average Bonchev–Trinajstić information content (AvgIpc) is 3.66. The molecular formula is C57H46N4. The highest BCUT2D eigenvalue weighted by Crippen LogP contribution is 2.52. The van der Waals surface area contributed by atoms with Gasteiger partial charge in [0.05, 0.1) is 17.6 Å². The molecule has 12 rings (SSSR count). The van der Waals surface area contributed by atoms with Crippen LogP contribution in [0, 0.1) is 5.92 Å². The number of benzene rings is 7. The van der Waals surface area contributed by atoms with Crippen LogP contribution >= 0.6 is 0 Å². The number of aromatic nitrogens is 1. The van der Waals surface area contributed by atoms with Gasteiger partial charge in [-0.25, -0.2) is 0 Å². The molecule has 1 N–H and O–H groups in total. The minimum Gasteiger partial charge on any atom is -0.340 e. The summed E-state index contributed by atoms with van der Waals surface area (Å²) in [7, 11) is 0. The highest BCUT2D eigenvalue weighted by atomic mass is 15.2. The first-order valence-electron chi connectivity index (χ1n) is 21.7. The standard InChI is InChI=1S/C57H46N4/c1-57(2)47-22-12-14-24-51(47)61(42-18-7-4-8-19-42)53-36-41(27-32-48(53)57)40-29-33-50-46(35-40)54-44-20-10-9-15-37(44)28-34-52(54)60(50)43-30-25-39(26-31-43)56-58-49-23-13-11-21-45(49)55(59-56)38-16-5-3-6-17-38/h3-30,32-36,43,47,51,55H,31H2,1-2H3,(H,58,59). The van der Waals surface area contributed by atoms with E-state index in [0.29, 0.717) is 5.92 Å². The van der Waals surface area contributed by atoms with Crippen molar-refractivity contribution in [2.45, 2.75) is 43.8 Å². The van der Waals surface area contributed by atoms with Gasteiger partial charge in [-0.2, -0.15) is 0 Å². The Morgan fingerprint density at radius 1 is 0.656 bits per heavy atom. The van der Waals surface area contributed by atoms with E-state index in [-0.39, 0.29) is 23.5 Å². The number of anilines is 3. The molecule has 0 amide bonds. The summed E-state index contributed by atoms with van der Waals surface area (Å²) >= 11 is 0. The number of amidine groups is 1. The van der Waals surface area contributed by atoms with E-state index >= 15 is 0 Å². The van der Waals surface area contributed by atoms with Crippen molar-refractivity contribution in [2.75, 3.05) is 10.2 Å². The molecule has 4 atom stereocenters. The second kappa shape index (κ2) is 14.0. The summed E-state index contributed by atoms with van der Waals surface area (Å²) in [5.74, 6) is 1.28. The Morgan fingerprint density at radius 2 is 1.39 bits per heavy atom. The van der Waals surface area contributed by atoms with E-state index in [1.54, 1.807) is 0 Å². The molecular weight excluding hydrogens is 741 g/mol. The predicted molar refractivity (Wildman–Crippen MR) is 256 cm³/mol. The topological polar surface area (TPSA) is 32.6 Å². The molecule has 7 aromatic carbocycles. The number of fused-ring (bicyclic) bond motifs is 8. The highest BCUT2D eigenvalue weighted by molar-refractivity contribution is 6.21. The van der Waals surface area contributed by atoms with Crippen molar-refractivity contribution in [1.29, 1.82) is 0 Å². The van der Waals surface area contributed by atoms with Crippen molar-refractivity contribution in [3.05, 3.63) is 223 Å². The second-order valence-corrected chi connectivity index (χ2v) is 17.6. The lowest BCUT2D eigenvalue weighted by Crippen LogP contribution is -2.49. The molecule has 1 aromatic heterocycles. The van der Waals surface area contributed by atoms with Crippen LogP contribution < -0.4 is 10.2 Å². The molecule has 2 aliphatic carbocycles. The van der Waals surface area contributed by atoms with Crippen molar-refractivity contribution in [3.63, 3.8) is 0 Å². The quantitative estimate of drug-likeness (QED) is 0.188. The van der Waals surface area contributed by atoms with Gasteiger partial charge in [0.25, 0.3) is 0 Å². The van der Waals surface area contributed by atoms with Gasteiger partial charge in [0.2, 0.25) is 0 Å². The summed E-state index contributed by atoms with van der Waals surface area (Å²) in [6.45, 7) is 4.83. The number of aliphatic imine (C=N–C) groups is 1. The van der Waals surface area contributed by atoms with E-state index in [2.05, 4.69) is 229 Å². The lowest BCUT2D eigenvalue weighted by atomic mass is 9.65. The van der Waals surface area contributed by atoms with E-state index < -0.39 is 0 Å². The summed E-state index contributed by atoms with van der Waals surface area (Å²) in [5, 5.41) is 8.82. The zero-order valence-corrected chi connectivity index (χ0v) is 34.4. The Bertz CT molecular complexity index is 3200. The maximum atomic E-state index is 5.32. The molecule has 4 heteroatoms. The maximum Gasteiger partial charge on any atom is 0.133 e. The lowest BCUT2D eigenvalue weighted by molar-refractivity contribution is 0.332. The Hall–Kier alpha value is -7.17. The van der Waals surface area contributed by atoms with E-state index in [1.807, 2.05) is 0 Å². The van der Waals surface area contributed by atoms with Gasteiger partial charge < -0.3 is 14.8 Å². The number of rotatable bonds is 5. The molecule has 4 aliphatic rings. The van der Waals surface area contributed by atoms with E-state index in [9.17, 15) is 0 Å². The number of nitrogens with zero attached hydrogens (tertiary/aromatic N) is 3. The molecule has 0 fully saturated rings. The summed E-state index contributed by atoms with van der Waals surface area (Å²) in [5.41, 5.74) is 13.5. The van der Waals surface area contributed by atoms with Crippen LogP contribution in [-0.2, 0) is 5.41 Å². The normalized spacial score (nSPS) is 21.1. The smallest absolute Gasteiger partial charge is 0.133 e. The van der Waals surface area contributed by atoms with Crippen molar-refractivity contribution in [1.82, 2.24) is 4.57 Å². The van der Waals surface area contributed by atoms with E-state index in [1.165, 1.54) is 71.8 Å². The van der Waals surface area contributed by atoms with Gasteiger partial charge in [-0.15, -0.1) is 0 Å². The molecule has 3 heterocycles. The van der Waals surface area contributed by atoms with Gasteiger partial charge in [-0.05, 0) is 81.9 Å². The first kappa shape index (κ1) is 35.7. The van der Waals surface area contributed by atoms with Crippen LogP contribution in [0.3, 0.4) is 0 Å². The molecule has 0 radical (unpaired) electrons. The zero-order valence-electron chi connectivity index (χ0n) is 34.4. The Morgan fingerprint density at radius 3 is 2.25 bits per heavy atom. The third-order valence-electron chi connectivity index (χ3n) is 13.8. The van der Waals surface area contributed by atoms with Crippen molar-refractivity contribution in [3.8, 4) is 11.1 Å². The number of allylic oxidation sites excluding steroid dienone is 4. The van der Waals surface area contributed by atoms with Crippen LogP contribution in [0.2, 0.25) is 0 Å². The SMILES string of the molecule is CC1(C)c2ccc(-c3ccc4c(c3)c3c5ccccc5ccc3n4C3C=CC(C4=NC(c5ccccc5)c5ccccc5N4)=CC3)cc2N(c2ccccc2)C2C=CC=CC21. The Kier molecular flexibility index (Phi) is 8.18.